The molecule has 0 saturated carbocycles. The normalized spacial score (nSPS) is 20.5. The predicted molar refractivity (Wildman–Crippen MR) is 123 cm³/mol. The highest BCUT2D eigenvalue weighted by Crippen LogP contribution is 2.37. The molecule has 1 saturated heterocycles. The molecule has 1 aliphatic rings. The minimum absolute atomic E-state index is 0.0264. The van der Waals surface area contributed by atoms with Crippen molar-refractivity contribution in [1.82, 2.24) is 0 Å². The number of hydrogen-bond donors (Lipinski definition) is 2. The molecule has 3 rings (SSSR count). The maximum atomic E-state index is 15.2. The zero-order valence-corrected chi connectivity index (χ0v) is 18.6. The molecular weight excluding hydrogens is 382 g/mol. The van der Waals surface area contributed by atoms with Crippen LogP contribution in [0.25, 0.3) is 0 Å². The van der Waals surface area contributed by atoms with Crippen LogP contribution in [0.15, 0.2) is 30.3 Å². The summed E-state index contributed by atoms with van der Waals surface area (Å²) in [5, 5.41) is 0. The average Bonchev–Trinajstić information content (AvgIpc) is 2.62. The molecule has 0 bridgehead atoms. The second-order valence-electron chi connectivity index (χ2n) is 9.17. The smallest absolute Gasteiger partial charge is 0.151 e. The quantitative estimate of drug-likeness (QED) is 0.624. The van der Waals surface area contributed by atoms with E-state index in [0.717, 1.165) is 12.0 Å². The fourth-order valence-corrected chi connectivity index (χ4v) is 4.83. The minimum atomic E-state index is -0.513. The largest absolute Gasteiger partial charge is 0.397 e. The second kappa shape index (κ2) is 8.70. The predicted octanol–water partition coefficient (Wildman–Crippen LogP) is 5.59. The number of nitrogens with two attached hydrogens (primary N) is 2. The van der Waals surface area contributed by atoms with Gasteiger partial charge in [0.2, 0.25) is 0 Å². The van der Waals surface area contributed by atoms with Crippen LogP contribution in [0.4, 0.5) is 31.5 Å². The lowest BCUT2D eigenvalue weighted by Crippen LogP contribution is -2.40. The molecule has 0 aliphatic carbocycles. The third-order valence-corrected chi connectivity index (χ3v) is 6.05. The van der Waals surface area contributed by atoms with Crippen molar-refractivity contribution in [3.8, 4) is 0 Å². The Morgan fingerprint density at radius 1 is 0.933 bits per heavy atom. The maximum absolute atomic E-state index is 15.2. The zero-order valence-electron chi connectivity index (χ0n) is 18.6. The highest BCUT2D eigenvalue weighted by Gasteiger charge is 2.28. The topological polar surface area (TPSA) is 58.5 Å². The van der Waals surface area contributed by atoms with Crippen LogP contribution in [-0.4, -0.2) is 19.1 Å². The van der Waals surface area contributed by atoms with Gasteiger partial charge in [0.15, 0.2) is 11.6 Å². The van der Waals surface area contributed by atoms with Gasteiger partial charge in [-0.1, -0.05) is 19.9 Å². The average molecular weight is 417 g/mol. The van der Waals surface area contributed by atoms with Crippen molar-refractivity contribution in [3.63, 3.8) is 0 Å². The van der Waals surface area contributed by atoms with Crippen molar-refractivity contribution in [1.29, 1.82) is 0 Å². The molecule has 0 amide bonds. The Hall–Kier alpha value is -2.50. The van der Waals surface area contributed by atoms with Gasteiger partial charge in [-0.05, 0) is 68.9 Å². The Morgan fingerprint density at radius 2 is 1.50 bits per heavy atom. The first-order valence-corrected chi connectivity index (χ1v) is 10.8. The van der Waals surface area contributed by atoms with Gasteiger partial charge in [0.05, 0.1) is 17.4 Å². The van der Waals surface area contributed by atoms with Gasteiger partial charge < -0.3 is 21.3 Å². The zero-order chi connectivity index (χ0) is 22.2. The van der Waals surface area contributed by atoms with E-state index in [1.807, 2.05) is 42.7 Å². The van der Waals surface area contributed by atoms with Crippen LogP contribution < -0.4 is 21.3 Å². The lowest BCUT2D eigenvalue weighted by molar-refractivity contribution is 0.352. The molecule has 4 nitrogen and oxygen atoms in total. The van der Waals surface area contributed by atoms with E-state index in [-0.39, 0.29) is 17.8 Å². The SMILES string of the molecule is CC1CC(C)CN(c2c(F)cc(N(C(C)C)[C@H](C)c3ccc(N)c(N)c3)cc2F)C1. The number of nitrogens with zero attached hydrogens (tertiary/aromatic N) is 2. The standard InChI is InChI=1S/C24H34F2N4/c1-14(2)30(17(5)18-6-7-22(27)23(28)9-18)19-10-20(25)24(21(26)11-19)29-12-15(3)8-16(4)13-29/h6-7,9-11,14-17H,8,12-13,27-28H2,1-5H3/t15?,16?,17-/m1/s1. The van der Waals surface area contributed by atoms with Gasteiger partial charge >= 0.3 is 0 Å². The molecule has 0 spiro atoms. The van der Waals surface area contributed by atoms with Gasteiger partial charge in [0, 0.05) is 24.8 Å². The van der Waals surface area contributed by atoms with E-state index < -0.39 is 11.6 Å². The van der Waals surface area contributed by atoms with E-state index in [2.05, 4.69) is 13.8 Å². The number of piperidine rings is 1. The lowest BCUT2D eigenvalue weighted by atomic mass is 9.91. The number of nitrogen functional groups attached to an aromatic ring is 2. The fraction of sp³-hybridized carbons (Fsp3) is 0.500. The Labute approximate surface area is 178 Å². The third kappa shape index (κ3) is 4.47. The summed E-state index contributed by atoms with van der Waals surface area (Å²) in [5.74, 6) is -0.201. The van der Waals surface area contributed by atoms with Crippen molar-refractivity contribution in [3.05, 3.63) is 47.5 Å². The van der Waals surface area contributed by atoms with Crippen LogP contribution >= 0.6 is 0 Å². The van der Waals surface area contributed by atoms with Crippen LogP contribution in [0, 0.1) is 23.5 Å². The minimum Gasteiger partial charge on any atom is -0.397 e. The molecule has 3 atom stereocenters. The highest BCUT2D eigenvalue weighted by molar-refractivity contribution is 5.65. The monoisotopic (exact) mass is 416 g/mol. The van der Waals surface area contributed by atoms with Crippen LogP contribution in [0.1, 0.15) is 52.6 Å². The number of rotatable bonds is 5. The third-order valence-electron chi connectivity index (χ3n) is 6.05. The van der Waals surface area contributed by atoms with Crippen molar-refractivity contribution in [2.24, 2.45) is 11.8 Å². The molecule has 2 aromatic rings. The van der Waals surface area contributed by atoms with Gasteiger partial charge in [-0.2, -0.15) is 0 Å². The van der Waals surface area contributed by atoms with E-state index >= 15 is 8.78 Å². The van der Waals surface area contributed by atoms with Gasteiger partial charge in [-0.3, -0.25) is 0 Å². The Balaban J connectivity index is 1.97. The summed E-state index contributed by atoms with van der Waals surface area (Å²) in [6, 6.07) is 8.31. The molecule has 30 heavy (non-hydrogen) atoms. The molecule has 2 unspecified atom stereocenters. The van der Waals surface area contributed by atoms with E-state index in [9.17, 15) is 0 Å². The summed E-state index contributed by atoms with van der Waals surface area (Å²) in [5.41, 5.74) is 14.4. The molecule has 0 aromatic heterocycles. The molecule has 4 N–H and O–H groups in total. The van der Waals surface area contributed by atoms with E-state index in [4.69, 9.17) is 11.5 Å². The number of benzene rings is 2. The summed E-state index contributed by atoms with van der Waals surface area (Å²) in [4.78, 5) is 3.86. The summed E-state index contributed by atoms with van der Waals surface area (Å²) < 4.78 is 30.4. The molecule has 1 fully saturated rings. The summed E-state index contributed by atoms with van der Waals surface area (Å²) in [6.45, 7) is 11.6. The summed E-state index contributed by atoms with van der Waals surface area (Å²) >= 11 is 0. The van der Waals surface area contributed by atoms with Gasteiger partial charge in [0.25, 0.3) is 0 Å². The number of anilines is 4. The second-order valence-corrected chi connectivity index (χ2v) is 9.17. The van der Waals surface area contributed by atoms with Crippen molar-refractivity contribution in [2.75, 3.05) is 34.4 Å². The fourth-order valence-electron chi connectivity index (χ4n) is 4.83. The van der Waals surface area contributed by atoms with Crippen molar-refractivity contribution in [2.45, 2.75) is 53.1 Å². The van der Waals surface area contributed by atoms with Gasteiger partial charge in [-0.25, -0.2) is 8.78 Å². The molecule has 1 heterocycles. The lowest BCUT2D eigenvalue weighted by Gasteiger charge is -2.38. The molecule has 6 heteroatoms. The van der Waals surface area contributed by atoms with Gasteiger partial charge in [-0.15, -0.1) is 0 Å². The Morgan fingerprint density at radius 3 is 2.00 bits per heavy atom. The summed E-state index contributed by atoms with van der Waals surface area (Å²) in [7, 11) is 0. The van der Waals surface area contributed by atoms with Crippen LogP contribution in [0.2, 0.25) is 0 Å². The van der Waals surface area contributed by atoms with Crippen LogP contribution in [0.3, 0.4) is 0 Å². The number of halogens is 2. The van der Waals surface area contributed by atoms with Crippen molar-refractivity contribution >= 4 is 22.7 Å². The molecule has 1 aliphatic heterocycles. The number of hydrogen-bond acceptors (Lipinski definition) is 4. The first kappa shape index (κ1) is 22.2. The van der Waals surface area contributed by atoms with Gasteiger partial charge in [0.1, 0.15) is 5.69 Å². The molecule has 164 valence electrons. The molecule has 0 radical (unpaired) electrons. The summed E-state index contributed by atoms with van der Waals surface area (Å²) in [6.07, 6.45) is 1.08. The first-order valence-electron chi connectivity index (χ1n) is 10.8. The van der Waals surface area contributed by atoms with Crippen LogP contribution in [-0.2, 0) is 0 Å². The highest BCUT2D eigenvalue weighted by atomic mass is 19.1. The Bertz CT molecular complexity index is 866. The molecular formula is C24H34F2N4. The van der Waals surface area contributed by atoms with E-state index in [0.29, 0.717) is 42.0 Å². The first-order chi connectivity index (χ1) is 14.1. The van der Waals surface area contributed by atoms with Crippen LogP contribution in [0.5, 0.6) is 0 Å². The maximum Gasteiger partial charge on any atom is 0.151 e. The van der Waals surface area contributed by atoms with E-state index in [1.54, 1.807) is 6.07 Å². The Kier molecular flexibility index (Phi) is 6.44. The molecule has 2 aromatic carbocycles. The van der Waals surface area contributed by atoms with Crippen molar-refractivity contribution < 1.29 is 8.78 Å². The van der Waals surface area contributed by atoms with E-state index in [1.165, 1.54) is 12.1 Å².